The smallest absolute Gasteiger partial charge is 0.420 e. The molecule has 12 heteroatoms. The number of fused-ring (bicyclic) bond motifs is 1. The van der Waals surface area contributed by atoms with E-state index >= 15 is 0 Å². The van der Waals surface area contributed by atoms with E-state index in [1.807, 2.05) is 30.3 Å². The van der Waals surface area contributed by atoms with Crippen molar-refractivity contribution in [3.63, 3.8) is 0 Å². The summed E-state index contributed by atoms with van der Waals surface area (Å²) in [5.74, 6) is 0.274. The van der Waals surface area contributed by atoms with Crippen molar-refractivity contribution in [3.05, 3.63) is 88.1 Å². The van der Waals surface area contributed by atoms with Crippen LogP contribution >= 0.6 is 0 Å². The molecule has 0 unspecified atom stereocenters. The fourth-order valence-electron chi connectivity index (χ4n) is 4.39. The Morgan fingerprint density at radius 2 is 1.74 bits per heavy atom. The van der Waals surface area contributed by atoms with Gasteiger partial charge in [-0.05, 0) is 30.2 Å². The summed E-state index contributed by atoms with van der Waals surface area (Å²) in [6, 6.07) is 16.2. The van der Waals surface area contributed by atoms with Gasteiger partial charge in [-0.3, -0.25) is 24.7 Å². The van der Waals surface area contributed by atoms with Crippen molar-refractivity contribution in [2.45, 2.75) is 13.0 Å². The predicted octanol–water partition coefficient (Wildman–Crippen LogP) is 3.54. The van der Waals surface area contributed by atoms with Crippen LogP contribution in [-0.4, -0.2) is 59.1 Å². The van der Waals surface area contributed by atoms with Crippen LogP contribution in [0.25, 0.3) is 0 Å². The molecule has 1 saturated heterocycles. The maximum absolute atomic E-state index is 13.0. The largest absolute Gasteiger partial charge is 0.445 e. The third kappa shape index (κ3) is 5.09. The average molecular weight is 517 g/mol. The van der Waals surface area contributed by atoms with Gasteiger partial charge in [0.1, 0.15) is 24.7 Å². The van der Waals surface area contributed by atoms with Crippen LogP contribution in [0.4, 0.5) is 26.8 Å². The Bertz CT molecular complexity index is 1380. The van der Waals surface area contributed by atoms with E-state index in [0.717, 1.165) is 11.1 Å². The molecular formula is C26H23N5O7. The first-order chi connectivity index (χ1) is 18.4. The van der Waals surface area contributed by atoms with E-state index in [-0.39, 0.29) is 37.0 Å². The number of nitro benzene ring substituents is 1. The number of rotatable bonds is 5. The van der Waals surface area contributed by atoms with E-state index in [9.17, 15) is 24.5 Å². The van der Waals surface area contributed by atoms with Crippen molar-refractivity contribution >= 4 is 35.3 Å². The molecule has 0 spiro atoms. The van der Waals surface area contributed by atoms with Gasteiger partial charge in [-0.1, -0.05) is 30.3 Å². The Kier molecular flexibility index (Phi) is 6.85. The summed E-state index contributed by atoms with van der Waals surface area (Å²) in [4.78, 5) is 57.3. The van der Waals surface area contributed by atoms with E-state index in [1.165, 1.54) is 40.3 Å². The van der Waals surface area contributed by atoms with Gasteiger partial charge in [0.25, 0.3) is 5.69 Å². The molecule has 3 amide bonds. The van der Waals surface area contributed by atoms with Crippen LogP contribution in [0.2, 0.25) is 0 Å². The topological polar surface area (TPSA) is 135 Å². The van der Waals surface area contributed by atoms with Crippen molar-refractivity contribution in [1.82, 2.24) is 9.88 Å². The van der Waals surface area contributed by atoms with Gasteiger partial charge in [-0.15, -0.1) is 0 Å². The highest BCUT2D eigenvalue weighted by molar-refractivity contribution is 6.00. The average Bonchev–Trinajstić information content (AvgIpc) is 3.37. The number of nitro groups is 1. The van der Waals surface area contributed by atoms with E-state index in [2.05, 4.69) is 4.98 Å². The molecule has 3 aromatic rings. The molecule has 0 aliphatic carbocycles. The Hall–Kier alpha value is -5.00. The molecule has 1 fully saturated rings. The molecule has 38 heavy (non-hydrogen) atoms. The third-order valence-corrected chi connectivity index (χ3v) is 6.30. The van der Waals surface area contributed by atoms with Crippen molar-refractivity contribution in [1.29, 1.82) is 0 Å². The molecule has 2 aliphatic heterocycles. The number of pyridine rings is 1. The van der Waals surface area contributed by atoms with Gasteiger partial charge in [0.15, 0.2) is 0 Å². The van der Waals surface area contributed by atoms with E-state index in [4.69, 9.17) is 9.47 Å². The number of hydrogen-bond acceptors (Lipinski definition) is 8. The molecule has 12 nitrogen and oxygen atoms in total. The number of aromatic nitrogens is 1. The number of carbonyl (C=O) groups is 3. The monoisotopic (exact) mass is 517 g/mol. The summed E-state index contributed by atoms with van der Waals surface area (Å²) in [6.07, 6.45) is 0.737. The van der Waals surface area contributed by atoms with Crippen molar-refractivity contribution in [3.8, 4) is 5.75 Å². The molecule has 0 saturated carbocycles. The quantitative estimate of drug-likeness (QED) is 0.370. The Morgan fingerprint density at radius 1 is 0.974 bits per heavy atom. The number of amides is 3. The number of ether oxygens (including phenoxy) is 2. The van der Waals surface area contributed by atoms with Gasteiger partial charge in [0, 0.05) is 43.5 Å². The summed E-state index contributed by atoms with van der Waals surface area (Å²) in [5.41, 5.74) is 2.09. The lowest BCUT2D eigenvalue weighted by molar-refractivity contribution is -0.384. The Morgan fingerprint density at radius 3 is 2.45 bits per heavy atom. The Balaban J connectivity index is 1.23. The highest BCUT2D eigenvalue weighted by atomic mass is 16.6. The van der Waals surface area contributed by atoms with Gasteiger partial charge in [0.05, 0.1) is 10.6 Å². The van der Waals surface area contributed by atoms with Gasteiger partial charge >= 0.3 is 12.2 Å². The van der Waals surface area contributed by atoms with Gasteiger partial charge in [-0.2, -0.15) is 0 Å². The maximum Gasteiger partial charge on any atom is 0.420 e. The van der Waals surface area contributed by atoms with Crippen LogP contribution in [-0.2, 0) is 22.6 Å². The van der Waals surface area contributed by atoms with E-state index in [1.54, 1.807) is 11.0 Å². The fourth-order valence-corrected chi connectivity index (χ4v) is 4.39. The number of nitrogens with zero attached hydrogens (tertiary/aromatic N) is 5. The zero-order valence-electron chi connectivity index (χ0n) is 20.2. The van der Waals surface area contributed by atoms with Crippen molar-refractivity contribution in [2.24, 2.45) is 0 Å². The molecule has 2 aliphatic rings. The molecule has 2 aromatic carbocycles. The fraction of sp³-hybridized carbons (Fsp3) is 0.231. The lowest BCUT2D eigenvalue weighted by Gasteiger charge is -2.34. The second-order valence-electron chi connectivity index (χ2n) is 8.66. The van der Waals surface area contributed by atoms with Crippen LogP contribution in [0.1, 0.15) is 11.1 Å². The summed E-state index contributed by atoms with van der Waals surface area (Å²) in [7, 11) is 0. The van der Waals surface area contributed by atoms with Crippen LogP contribution < -0.4 is 14.5 Å². The number of piperazine rings is 1. The minimum atomic E-state index is -0.681. The van der Waals surface area contributed by atoms with Gasteiger partial charge in [0.2, 0.25) is 5.91 Å². The van der Waals surface area contributed by atoms with Crippen molar-refractivity contribution in [2.75, 3.05) is 36.0 Å². The number of hydrogen-bond donors (Lipinski definition) is 0. The molecule has 3 heterocycles. The molecule has 194 valence electrons. The molecule has 0 radical (unpaired) electrons. The second-order valence-corrected chi connectivity index (χ2v) is 8.66. The number of non-ortho nitro benzene ring substituents is 1. The first-order valence-electron chi connectivity index (χ1n) is 11.9. The van der Waals surface area contributed by atoms with Crippen molar-refractivity contribution < 1.29 is 28.8 Å². The van der Waals surface area contributed by atoms with Crippen LogP contribution in [0.5, 0.6) is 5.75 Å². The van der Waals surface area contributed by atoms with Crippen LogP contribution in [0, 0.1) is 10.1 Å². The molecule has 0 N–H and O–H groups in total. The normalized spacial score (nSPS) is 14.7. The lowest BCUT2D eigenvalue weighted by Crippen LogP contribution is -2.52. The summed E-state index contributed by atoms with van der Waals surface area (Å²) < 4.78 is 10.7. The summed E-state index contributed by atoms with van der Waals surface area (Å²) in [6.45, 7) is 0.852. The minimum absolute atomic E-state index is 0.114. The van der Waals surface area contributed by atoms with Crippen LogP contribution in [0.3, 0.4) is 0 Å². The zero-order chi connectivity index (χ0) is 26.6. The first-order valence-corrected chi connectivity index (χ1v) is 11.9. The Labute approximate surface area is 217 Å². The summed E-state index contributed by atoms with van der Waals surface area (Å²) in [5, 5.41) is 10.8. The molecule has 5 rings (SSSR count). The highest BCUT2D eigenvalue weighted by Crippen LogP contribution is 2.35. The minimum Gasteiger partial charge on any atom is -0.445 e. The van der Waals surface area contributed by atoms with Crippen LogP contribution in [0.15, 0.2) is 66.9 Å². The SMILES string of the molecule is O=C(OCc1ccccc1)N1CCN(c2ccnc3c2CCN3C(=O)Oc2ccc([N+](=O)[O-])cc2)C(=O)C1. The highest BCUT2D eigenvalue weighted by Gasteiger charge is 2.35. The second kappa shape index (κ2) is 10.5. The predicted molar refractivity (Wildman–Crippen MR) is 135 cm³/mol. The number of carbonyl (C=O) groups excluding carboxylic acids is 3. The summed E-state index contributed by atoms with van der Waals surface area (Å²) >= 11 is 0. The lowest BCUT2D eigenvalue weighted by atomic mass is 10.1. The van der Waals surface area contributed by atoms with E-state index in [0.29, 0.717) is 31.0 Å². The van der Waals surface area contributed by atoms with Gasteiger partial charge < -0.3 is 14.4 Å². The maximum atomic E-state index is 13.0. The van der Waals surface area contributed by atoms with Gasteiger partial charge in [-0.25, -0.2) is 14.6 Å². The first kappa shape index (κ1) is 24.7. The number of benzene rings is 2. The molecule has 0 bridgehead atoms. The standard InChI is InChI=1S/C26H23N5O7/c32-23-16-28(25(33)37-17-18-4-2-1-3-5-18)14-15-29(23)22-10-12-27-24-21(22)11-13-30(24)26(34)38-20-8-6-19(7-9-20)31(35)36/h1-10,12H,11,13-17H2. The molecular weight excluding hydrogens is 494 g/mol. The molecule has 0 atom stereocenters. The van der Waals surface area contributed by atoms with E-state index < -0.39 is 17.1 Å². The number of anilines is 2. The third-order valence-electron chi connectivity index (χ3n) is 6.30. The zero-order valence-corrected chi connectivity index (χ0v) is 20.2. The molecule has 1 aromatic heterocycles.